The third kappa shape index (κ3) is 4.91. The van der Waals surface area contributed by atoms with Crippen molar-refractivity contribution in [3.63, 3.8) is 0 Å². The molecule has 1 N–H and O–H groups in total. The van der Waals surface area contributed by atoms with E-state index in [1.807, 2.05) is 37.3 Å². The Morgan fingerprint density at radius 2 is 1.84 bits per heavy atom. The monoisotopic (exact) mass is 592 g/mol. The third-order valence-corrected chi connectivity index (χ3v) is 8.62. The minimum absolute atomic E-state index is 0.00414. The number of carbonyl (C=O) groups is 2. The number of Topliss-reactive ketones (excluding diaryl/α,β-unsaturated/α-hetero) is 1. The summed E-state index contributed by atoms with van der Waals surface area (Å²) < 4.78 is 26.2. The van der Waals surface area contributed by atoms with E-state index >= 15 is 0 Å². The number of aliphatic hydroxyl groups is 1. The number of aromatic nitrogens is 1. The van der Waals surface area contributed by atoms with Crippen molar-refractivity contribution in [1.82, 2.24) is 4.98 Å². The molecule has 9 heteroatoms. The Balaban J connectivity index is 1.31. The number of amides is 1. The molecule has 2 unspecified atom stereocenters. The van der Waals surface area contributed by atoms with Crippen molar-refractivity contribution in [2.24, 2.45) is 0 Å². The van der Waals surface area contributed by atoms with Crippen molar-refractivity contribution in [3.8, 4) is 11.5 Å². The van der Waals surface area contributed by atoms with Crippen molar-refractivity contribution in [1.29, 1.82) is 0 Å². The Hall–Kier alpha value is -5.02. The van der Waals surface area contributed by atoms with Gasteiger partial charge >= 0.3 is 5.91 Å². The van der Waals surface area contributed by atoms with Gasteiger partial charge in [0.25, 0.3) is 5.78 Å². The molecule has 0 spiro atoms. The molecule has 1 saturated heterocycles. The van der Waals surface area contributed by atoms with Gasteiger partial charge in [0.2, 0.25) is 0 Å². The first-order valence-corrected chi connectivity index (χ1v) is 14.6. The summed E-state index contributed by atoms with van der Waals surface area (Å²) in [7, 11) is 0. The highest BCUT2D eigenvalue weighted by atomic mass is 32.1. The van der Waals surface area contributed by atoms with E-state index in [2.05, 4.69) is 4.98 Å². The molecule has 2 aliphatic rings. The zero-order valence-electron chi connectivity index (χ0n) is 23.0. The molecule has 1 fully saturated rings. The number of hydrogen-bond acceptors (Lipinski definition) is 7. The molecule has 7 rings (SSSR count). The number of ether oxygens (including phenoxy) is 2. The first kappa shape index (κ1) is 26.9. The summed E-state index contributed by atoms with van der Waals surface area (Å²) in [6, 6.07) is 25.2. The molecule has 3 heterocycles. The number of anilines is 1. The van der Waals surface area contributed by atoms with Crippen LogP contribution in [0.25, 0.3) is 16.0 Å². The van der Waals surface area contributed by atoms with E-state index in [1.54, 1.807) is 42.5 Å². The Morgan fingerprint density at radius 1 is 1.05 bits per heavy atom. The second kappa shape index (κ2) is 10.7. The second-order valence-electron chi connectivity index (χ2n) is 10.6. The minimum Gasteiger partial charge on any atom is -0.507 e. The van der Waals surface area contributed by atoms with Gasteiger partial charge in [-0.05, 0) is 72.1 Å². The van der Waals surface area contributed by atoms with Crippen molar-refractivity contribution >= 4 is 44.1 Å². The largest absolute Gasteiger partial charge is 0.507 e. The van der Waals surface area contributed by atoms with Gasteiger partial charge in [0.05, 0.1) is 21.8 Å². The smallest absolute Gasteiger partial charge is 0.301 e. The highest BCUT2D eigenvalue weighted by Gasteiger charge is 2.48. The zero-order valence-corrected chi connectivity index (χ0v) is 23.8. The van der Waals surface area contributed by atoms with Gasteiger partial charge in [0.1, 0.15) is 35.8 Å². The lowest BCUT2D eigenvalue weighted by molar-refractivity contribution is -0.132. The average Bonchev–Trinajstić information content (AvgIpc) is 3.68. The van der Waals surface area contributed by atoms with Crippen LogP contribution in [0.2, 0.25) is 0 Å². The van der Waals surface area contributed by atoms with Crippen molar-refractivity contribution < 1.29 is 28.6 Å². The van der Waals surface area contributed by atoms with Crippen LogP contribution in [-0.4, -0.2) is 27.9 Å². The van der Waals surface area contributed by atoms with Gasteiger partial charge in [-0.25, -0.2) is 9.37 Å². The van der Waals surface area contributed by atoms with E-state index in [1.165, 1.54) is 23.1 Å². The summed E-state index contributed by atoms with van der Waals surface area (Å²) in [5.41, 5.74) is 3.36. The van der Waals surface area contributed by atoms with Crippen LogP contribution in [0.5, 0.6) is 11.5 Å². The number of thiazole rings is 1. The number of rotatable bonds is 6. The molecule has 4 aromatic carbocycles. The lowest BCUT2D eigenvalue weighted by Crippen LogP contribution is -2.29. The first-order chi connectivity index (χ1) is 20.9. The van der Waals surface area contributed by atoms with Gasteiger partial charge in [0.15, 0.2) is 5.13 Å². The molecule has 0 bridgehead atoms. The van der Waals surface area contributed by atoms with Crippen LogP contribution in [0.3, 0.4) is 0 Å². The highest BCUT2D eigenvalue weighted by Crippen LogP contribution is 2.45. The SMILES string of the molecule is CC1Cc2cc(/C(O)=C3/C(=O)C(=O)N(c4nc5ccc(F)cc5s4)C3c3ccc(OCc4ccccc4)cc3)ccc2O1. The van der Waals surface area contributed by atoms with Crippen LogP contribution in [0.1, 0.15) is 35.2 Å². The van der Waals surface area contributed by atoms with E-state index in [9.17, 15) is 19.1 Å². The number of nitrogens with zero attached hydrogens (tertiary/aromatic N) is 2. The lowest BCUT2D eigenvalue weighted by Gasteiger charge is -2.23. The molecule has 1 amide bonds. The van der Waals surface area contributed by atoms with Crippen LogP contribution >= 0.6 is 11.3 Å². The Morgan fingerprint density at radius 3 is 2.63 bits per heavy atom. The summed E-state index contributed by atoms with van der Waals surface area (Å²) in [5, 5.41) is 11.8. The number of benzene rings is 4. The minimum atomic E-state index is -0.975. The van der Waals surface area contributed by atoms with E-state index in [4.69, 9.17) is 9.47 Å². The Kier molecular flexibility index (Phi) is 6.66. The van der Waals surface area contributed by atoms with Crippen LogP contribution in [0.4, 0.5) is 9.52 Å². The normalized spacial score (nSPS) is 19.1. The van der Waals surface area contributed by atoms with Crippen molar-refractivity contribution in [2.75, 3.05) is 4.90 Å². The molecule has 2 aliphatic heterocycles. The summed E-state index contributed by atoms with van der Waals surface area (Å²) in [5.74, 6) is -1.04. The molecule has 214 valence electrons. The maximum absolute atomic E-state index is 14.0. The molecule has 0 aliphatic carbocycles. The summed E-state index contributed by atoms with van der Waals surface area (Å²) >= 11 is 1.10. The van der Waals surface area contributed by atoms with E-state index < -0.39 is 23.5 Å². The lowest BCUT2D eigenvalue weighted by atomic mass is 9.94. The van der Waals surface area contributed by atoms with E-state index in [-0.39, 0.29) is 22.6 Å². The standard InChI is InChI=1S/C34H25FN2O5S/c1-19-15-23-16-22(9-14-27(23)42-19)31(38)29-30(21-7-11-25(12-8-21)41-18-20-5-3-2-4-6-20)37(33(40)32(29)39)34-36-26-13-10-24(35)17-28(26)43-34/h2-14,16-17,19,30,38H,15,18H2,1H3/b31-29-. The van der Waals surface area contributed by atoms with Crippen LogP contribution in [0, 0.1) is 5.82 Å². The van der Waals surface area contributed by atoms with Crippen LogP contribution in [-0.2, 0) is 22.6 Å². The summed E-state index contributed by atoms with van der Waals surface area (Å²) in [6.45, 7) is 2.34. The molecule has 0 radical (unpaired) electrons. The predicted octanol–water partition coefficient (Wildman–Crippen LogP) is 6.96. The molecule has 43 heavy (non-hydrogen) atoms. The highest BCUT2D eigenvalue weighted by molar-refractivity contribution is 7.22. The van der Waals surface area contributed by atoms with Gasteiger partial charge in [-0.3, -0.25) is 14.5 Å². The molecule has 0 saturated carbocycles. The number of ketones is 1. The van der Waals surface area contributed by atoms with E-state index in [0.29, 0.717) is 40.1 Å². The van der Waals surface area contributed by atoms with Crippen molar-refractivity contribution in [2.45, 2.75) is 32.1 Å². The molecule has 1 aromatic heterocycles. The Labute approximate surface area is 250 Å². The molecule has 5 aromatic rings. The van der Waals surface area contributed by atoms with Gasteiger partial charge in [-0.1, -0.05) is 53.8 Å². The number of fused-ring (bicyclic) bond motifs is 2. The molecular formula is C34H25FN2O5S. The Bertz CT molecular complexity index is 1920. The average molecular weight is 593 g/mol. The molecule has 7 nitrogen and oxygen atoms in total. The fourth-order valence-electron chi connectivity index (χ4n) is 5.55. The van der Waals surface area contributed by atoms with Crippen LogP contribution < -0.4 is 14.4 Å². The first-order valence-electron chi connectivity index (χ1n) is 13.8. The summed E-state index contributed by atoms with van der Waals surface area (Å²) in [4.78, 5) is 33.1. The van der Waals surface area contributed by atoms with Gasteiger partial charge < -0.3 is 14.6 Å². The quantitative estimate of drug-likeness (QED) is 0.130. The second-order valence-corrected chi connectivity index (χ2v) is 11.6. The maximum atomic E-state index is 14.0. The number of carbonyl (C=O) groups excluding carboxylic acids is 2. The van der Waals surface area contributed by atoms with Gasteiger partial charge in [-0.2, -0.15) is 0 Å². The van der Waals surface area contributed by atoms with E-state index in [0.717, 1.165) is 28.2 Å². The zero-order chi connectivity index (χ0) is 29.7. The number of hydrogen-bond donors (Lipinski definition) is 1. The fraction of sp³-hybridized carbons (Fsp3) is 0.147. The fourth-order valence-corrected chi connectivity index (χ4v) is 6.56. The number of aliphatic hydroxyl groups excluding tert-OH is 1. The number of halogens is 1. The van der Waals surface area contributed by atoms with Crippen molar-refractivity contribution in [3.05, 3.63) is 125 Å². The summed E-state index contributed by atoms with van der Waals surface area (Å²) in [6.07, 6.45) is 0.672. The third-order valence-electron chi connectivity index (χ3n) is 7.60. The van der Waals surface area contributed by atoms with Gasteiger partial charge in [-0.15, -0.1) is 0 Å². The van der Waals surface area contributed by atoms with Crippen LogP contribution in [0.15, 0.2) is 96.6 Å². The topological polar surface area (TPSA) is 89.0 Å². The molecule has 2 atom stereocenters. The predicted molar refractivity (Wildman–Crippen MR) is 162 cm³/mol. The maximum Gasteiger partial charge on any atom is 0.301 e. The van der Waals surface area contributed by atoms with Gasteiger partial charge in [0, 0.05) is 12.0 Å². The molecular weight excluding hydrogens is 567 g/mol.